The molecule has 0 aliphatic carbocycles. The summed E-state index contributed by atoms with van der Waals surface area (Å²) in [6.45, 7) is 5.20. The highest BCUT2D eigenvalue weighted by Crippen LogP contribution is 2.36. The highest BCUT2D eigenvalue weighted by atomic mass is 32.2. The van der Waals surface area contributed by atoms with Gasteiger partial charge in [-0.25, -0.2) is 23.4 Å². The van der Waals surface area contributed by atoms with Gasteiger partial charge in [0.1, 0.15) is 12.3 Å². The van der Waals surface area contributed by atoms with E-state index in [-0.39, 0.29) is 18.1 Å². The first kappa shape index (κ1) is 24.3. The van der Waals surface area contributed by atoms with Gasteiger partial charge in [0.25, 0.3) is 0 Å². The van der Waals surface area contributed by atoms with Crippen molar-refractivity contribution < 1.29 is 17.9 Å². The Labute approximate surface area is 211 Å². The van der Waals surface area contributed by atoms with E-state index < -0.39 is 9.84 Å². The van der Waals surface area contributed by atoms with E-state index in [9.17, 15) is 8.42 Å². The van der Waals surface area contributed by atoms with E-state index in [1.165, 1.54) is 7.11 Å². The summed E-state index contributed by atoms with van der Waals surface area (Å²) < 4.78 is 34.9. The molecule has 0 saturated heterocycles. The number of ether oxygens (including phenoxy) is 2. The maximum atomic E-state index is 12.2. The second kappa shape index (κ2) is 10.3. The fourth-order valence-corrected chi connectivity index (χ4v) is 5.71. The summed E-state index contributed by atoms with van der Waals surface area (Å²) in [5, 5.41) is 6.64. The predicted octanol–water partition coefficient (Wildman–Crippen LogP) is 2.85. The second-order valence-corrected chi connectivity index (χ2v) is 11.2. The molecule has 36 heavy (non-hydrogen) atoms. The van der Waals surface area contributed by atoms with Crippen LogP contribution in [0.15, 0.2) is 36.7 Å². The number of hydrogen-bond donors (Lipinski definition) is 2. The summed E-state index contributed by atoms with van der Waals surface area (Å²) >= 11 is 0. The minimum Gasteiger partial charge on any atom is -0.474 e. The van der Waals surface area contributed by atoms with Gasteiger partial charge in [0.15, 0.2) is 9.84 Å². The average molecular weight is 511 g/mol. The Morgan fingerprint density at radius 3 is 2.83 bits per heavy atom. The fraction of sp³-hybridized carbons (Fsp3) is 0.400. The van der Waals surface area contributed by atoms with Crippen molar-refractivity contribution in [2.75, 3.05) is 54.7 Å². The van der Waals surface area contributed by atoms with Crippen molar-refractivity contribution in [3.05, 3.63) is 59.0 Å². The first-order valence-corrected chi connectivity index (χ1v) is 13.8. The molecule has 0 unspecified atom stereocenters. The van der Waals surface area contributed by atoms with Crippen molar-refractivity contribution >= 4 is 32.8 Å². The molecule has 10 nitrogen and oxygen atoms in total. The van der Waals surface area contributed by atoms with Crippen molar-refractivity contribution in [3.63, 3.8) is 0 Å². The number of nitrogens with one attached hydrogen (secondary N) is 2. The summed E-state index contributed by atoms with van der Waals surface area (Å²) in [7, 11) is -1.71. The smallest absolute Gasteiger partial charge is 0.237 e. The zero-order chi connectivity index (χ0) is 25.1. The number of methoxy groups -OCH3 is 1. The van der Waals surface area contributed by atoms with E-state index in [1.807, 2.05) is 24.5 Å². The summed E-state index contributed by atoms with van der Waals surface area (Å²) in [5.41, 5.74) is 6.79. The van der Waals surface area contributed by atoms with Crippen molar-refractivity contribution in [3.8, 4) is 5.88 Å². The summed E-state index contributed by atoms with van der Waals surface area (Å²) in [4.78, 5) is 16.1. The normalized spacial score (nSPS) is 14.9. The Morgan fingerprint density at radius 2 is 2.03 bits per heavy atom. The first-order chi connectivity index (χ1) is 17.4. The van der Waals surface area contributed by atoms with Crippen molar-refractivity contribution in [2.45, 2.75) is 25.6 Å². The van der Waals surface area contributed by atoms with E-state index in [0.717, 1.165) is 59.0 Å². The van der Waals surface area contributed by atoms with E-state index in [2.05, 4.69) is 32.4 Å². The number of sulfone groups is 1. The van der Waals surface area contributed by atoms with Gasteiger partial charge in [0, 0.05) is 37.6 Å². The zero-order valence-corrected chi connectivity index (χ0v) is 21.3. The molecule has 11 heteroatoms. The third kappa shape index (κ3) is 5.36. The van der Waals surface area contributed by atoms with Crippen molar-refractivity contribution in [1.29, 1.82) is 0 Å². The number of aromatic nitrogens is 3. The molecule has 2 aliphatic heterocycles. The molecule has 4 heterocycles. The largest absolute Gasteiger partial charge is 0.474 e. The molecule has 0 fully saturated rings. The lowest BCUT2D eigenvalue weighted by Crippen LogP contribution is -2.32. The van der Waals surface area contributed by atoms with E-state index >= 15 is 0 Å². The molecular formula is C25H30N6O4S. The molecule has 2 aromatic heterocycles. The van der Waals surface area contributed by atoms with Crippen LogP contribution < -0.4 is 20.3 Å². The Kier molecular flexibility index (Phi) is 6.92. The van der Waals surface area contributed by atoms with Crippen molar-refractivity contribution in [1.82, 2.24) is 15.0 Å². The number of rotatable bonds is 8. The van der Waals surface area contributed by atoms with Crippen molar-refractivity contribution in [2.24, 2.45) is 0 Å². The molecule has 190 valence electrons. The number of nitrogens with zero attached hydrogens (tertiary/aromatic N) is 4. The maximum absolute atomic E-state index is 12.2. The first-order valence-electron chi connectivity index (χ1n) is 11.9. The monoisotopic (exact) mass is 510 g/mol. The summed E-state index contributed by atoms with van der Waals surface area (Å²) in [5.74, 6) is 1.16. The standard InChI is InChI=1S/C25H30N6O4S/c1-17-22(14-27-24-23(17)26-8-10-35-24)31-9-7-19-13-28-25(30-21(19)15-31)29-20-5-3-18(4-6-20)16-36(32,33)12-11-34-2/h3-6,13-14,26H,7-12,15-16H2,1-2H3,(H,28,29,30). The van der Waals surface area contributed by atoms with E-state index in [0.29, 0.717) is 25.0 Å². The SMILES string of the molecule is COCCS(=O)(=O)Cc1ccc(Nc2ncc3c(n2)CN(c2cnc4c(c2C)NCCO4)CC3)cc1. The molecule has 0 radical (unpaired) electrons. The molecule has 1 aromatic carbocycles. The van der Waals surface area contributed by atoms with Crippen LogP contribution >= 0.6 is 0 Å². The topological polar surface area (TPSA) is 119 Å². The molecule has 0 spiro atoms. The third-order valence-corrected chi connectivity index (χ3v) is 7.96. The fourth-order valence-electron chi connectivity index (χ4n) is 4.45. The number of benzene rings is 1. The third-order valence-electron chi connectivity index (χ3n) is 6.40. The van der Waals surface area contributed by atoms with Crippen LogP contribution in [-0.4, -0.2) is 62.5 Å². The van der Waals surface area contributed by atoms with Gasteiger partial charge >= 0.3 is 0 Å². The summed E-state index contributed by atoms with van der Waals surface area (Å²) in [6.07, 6.45) is 4.61. The van der Waals surface area contributed by atoms with Crippen LogP contribution in [0.1, 0.15) is 22.4 Å². The molecule has 2 aliphatic rings. The van der Waals surface area contributed by atoms with Crippen LogP contribution in [0.3, 0.4) is 0 Å². The molecule has 0 saturated carbocycles. The molecule has 0 amide bonds. The summed E-state index contributed by atoms with van der Waals surface area (Å²) in [6, 6.07) is 7.29. The van der Waals surface area contributed by atoms with Crippen LogP contribution in [0.2, 0.25) is 0 Å². The highest BCUT2D eigenvalue weighted by Gasteiger charge is 2.24. The van der Waals surface area contributed by atoms with Gasteiger partial charge < -0.3 is 25.0 Å². The average Bonchev–Trinajstić information content (AvgIpc) is 2.88. The lowest BCUT2D eigenvalue weighted by Gasteiger charge is -2.32. The molecule has 0 atom stereocenters. The Hall–Kier alpha value is -3.44. The van der Waals surface area contributed by atoms with Gasteiger partial charge in [-0.05, 0) is 36.6 Å². The van der Waals surface area contributed by atoms with Gasteiger partial charge in [-0.2, -0.15) is 0 Å². The number of anilines is 4. The second-order valence-electron chi connectivity index (χ2n) is 8.97. The van der Waals surface area contributed by atoms with Gasteiger partial charge in [0.05, 0.1) is 42.2 Å². The zero-order valence-electron chi connectivity index (χ0n) is 20.5. The Bertz CT molecular complexity index is 1350. The molecule has 0 bridgehead atoms. The lowest BCUT2D eigenvalue weighted by molar-refractivity contribution is 0.217. The van der Waals surface area contributed by atoms with Crippen LogP contribution in [0.4, 0.5) is 23.0 Å². The molecule has 3 aromatic rings. The van der Waals surface area contributed by atoms with Gasteiger partial charge in [-0.1, -0.05) is 12.1 Å². The Balaban J connectivity index is 1.28. The Morgan fingerprint density at radius 1 is 1.19 bits per heavy atom. The van der Waals surface area contributed by atoms with Gasteiger partial charge in [0.2, 0.25) is 11.8 Å². The molecule has 5 rings (SSSR count). The van der Waals surface area contributed by atoms with Crippen LogP contribution in [0, 0.1) is 6.92 Å². The number of hydrogen-bond acceptors (Lipinski definition) is 10. The highest BCUT2D eigenvalue weighted by molar-refractivity contribution is 7.90. The van der Waals surface area contributed by atoms with Crippen LogP contribution in [0.25, 0.3) is 0 Å². The maximum Gasteiger partial charge on any atom is 0.237 e. The predicted molar refractivity (Wildman–Crippen MR) is 139 cm³/mol. The van der Waals surface area contributed by atoms with Gasteiger partial charge in [-0.3, -0.25) is 0 Å². The number of fused-ring (bicyclic) bond motifs is 2. The van der Waals surface area contributed by atoms with Crippen LogP contribution in [-0.2, 0) is 33.3 Å². The minimum atomic E-state index is -3.21. The lowest BCUT2D eigenvalue weighted by atomic mass is 10.0. The minimum absolute atomic E-state index is 0.00875. The van der Waals surface area contributed by atoms with Gasteiger partial charge in [-0.15, -0.1) is 0 Å². The van der Waals surface area contributed by atoms with E-state index in [1.54, 1.807) is 12.1 Å². The van der Waals surface area contributed by atoms with E-state index in [4.69, 9.17) is 14.5 Å². The van der Waals surface area contributed by atoms with Crippen LogP contribution in [0.5, 0.6) is 5.88 Å². The molecular weight excluding hydrogens is 480 g/mol. The number of pyridine rings is 1. The quantitative estimate of drug-likeness (QED) is 0.468. The molecule has 2 N–H and O–H groups in total.